The molecule has 0 aliphatic heterocycles. The standard InChI is InChI=1S/C14H11Cl3/c1-9-2-4-10(5-3-9)14(17)12-7-6-11(15)8-13(12)16/h2-8,14H,1H3. The molecule has 2 aromatic rings. The molecule has 0 saturated carbocycles. The fraction of sp³-hybridized carbons (Fsp3) is 0.143. The van der Waals surface area contributed by atoms with Crippen LogP contribution in [0, 0.1) is 6.92 Å². The molecule has 0 bridgehead atoms. The number of benzene rings is 2. The number of halogens is 3. The van der Waals surface area contributed by atoms with Gasteiger partial charge in [0.1, 0.15) is 0 Å². The van der Waals surface area contributed by atoms with Gasteiger partial charge in [-0.2, -0.15) is 0 Å². The molecule has 0 radical (unpaired) electrons. The van der Waals surface area contributed by atoms with Crippen LogP contribution in [0.4, 0.5) is 0 Å². The highest BCUT2D eigenvalue weighted by Crippen LogP contribution is 2.34. The summed E-state index contributed by atoms with van der Waals surface area (Å²) in [7, 11) is 0. The van der Waals surface area contributed by atoms with Crippen LogP contribution in [0.2, 0.25) is 10.0 Å². The fourth-order valence-electron chi connectivity index (χ4n) is 1.62. The van der Waals surface area contributed by atoms with Gasteiger partial charge in [0, 0.05) is 10.0 Å². The van der Waals surface area contributed by atoms with E-state index in [1.54, 1.807) is 12.1 Å². The van der Waals surface area contributed by atoms with Crippen molar-refractivity contribution in [1.29, 1.82) is 0 Å². The normalized spacial score (nSPS) is 12.5. The van der Waals surface area contributed by atoms with Crippen molar-refractivity contribution in [2.45, 2.75) is 12.3 Å². The molecule has 2 aromatic carbocycles. The van der Waals surface area contributed by atoms with Gasteiger partial charge in [0.2, 0.25) is 0 Å². The molecule has 0 amide bonds. The average molecular weight is 286 g/mol. The molecule has 88 valence electrons. The SMILES string of the molecule is Cc1ccc(C(Cl)c2ccc(Cl)cc2Cl)cc1. The first-order valence-electron chi connectivity index (χ1n) is 5.23. The Morgan fingerprint density at radius 3 is 2.18 bits per heavy atom. The maximum absolute atomic E-state index is 6.41. The van der Waals surface area contributed by atoms with E-state index in [2.05, 4.69) is 0 Å². The minimum atomic E-state index is -0.250. The Hall–Kier alpha value is -0.690. The van der Waals surface area contributed by atoms with Gasteiger partial charge in [-0.1, -0.05) is 59.1 Å². The summed E-state index contributed by atoms with van der Waals surface area (Å²) in [6, 6.07) is 13.5. The molecule has 2 rings (SSSR count). The number of aryl methyl sites for hydroxylation is 1. The fourth-order valence-corrected chi connectivity index (χ4v) is 2.53. The highest BCUT2D eigenvalue weighted by atomic mass is 35.5. The third-order valence-corrected chi connectivity index (χ3v) is 3.66. The maximum atomic E-state index is 6.41. The molecule has 0 spiro atoms. The van der Waals surface area contributed by atoms with Crippen molar-refractivity contribution in [3.05, 3.63) is 69.2 Å². The molecule has 17 heavy (non-hydrogen) atoms. The lowest BCUT2D eigenvalue weighted by molar-refractivity contribution is 1.14. The van der Waals surface area contributed by atoms with Crippen molar-refractivity contribution >= 4 is 34.8 Å². The van der Waals surface area contributed by atoms with E-state index in [9.17, 15) is 0 Å². The van der Waals surface area contributed by atoms with Crippen LogP contribution in [-0.2, 0) is 0 Å². The minimum Gasteiger partial charge on any atom is -0.113 e. The van der Waals surface area contributed by atoms with Crippen LogP contribution in [0.1, 0.15) is 22.1 Å². The highest BCUT2D eigenvalue weighted by Gasteiger charge is 2.14. The average Bonchev–Trinajstić information content (AvgIpc) is 2.29. The third-order valence-electron chi connectivity index (χ3n) is 2.61. The zero-order valence-corrected chi connectivity index (χ0v) is 11.5. The van der Waals surface area contributed by atoms with Gasteiger partial charge in [-0.05, 0) is 30.2 Å². The molecule has 0 saturated heterocycles. The van der Waals surface area contributed by atoms with Crippen LogP contribution in [-0.4, -0.2) is 0 Å². The van der Waals surface area contributed by atoms with E-state index < -0.39 is 0 Å². The monoisotopic (exact) mass is 284 g/mol. The summed E-state index contributed by atoms with van der Waals surface area (Å²) in [5, 5.41) is 0.963. The van der Waals surface area contributed by atoms with Crippen LogP contribution in [0.15, 0.2) is 42.5 Å². The van der Waals surface area contributed by atoms with Crippen LogP contribution in [0.25, 0.3) is 0 Å². The van der Waals surface area contributed by atoms with Crippen molar-refractivity contribution in [2.24, 2.45) is 0 Å². The Bertz CT molecular complexity index is 517. The van der Waals surface area contributed by atoms with E-state index in [-0.39, 0.29) is 5.38 Å². The topological polar surface area (TPSA) is 0 Å². The predicted octanol–water partition coefficient (Wildman–Crippen LogP) is 5.63. The van der Waals surface area contributed by atoms with Gasteiger partial charge < -0.3 is 0 Å². The van der Waals surface area contributed by atoms with E-state index in [4.69, 9.17) is 34.8 Å². The molecular weight excluding hydrogens is 275 g/mol. The largest absolute Gasteiger partial charge is 0.113 e. The Labute approximate surface area is 116 Å². The molecule has 0 heterocycles. The molecule has 0 aliphatic rings. The van der Waals surface area contributed by atoms with Gasteiger partial charge >= 0.3 is 0 Å². The van der Waals surface area contributed by atoms with Gasteiger partial charge in [-0.25, -0.2) is 0 Å². The summed E-state index contributed by atoms with van der Waals surface area (Å²) >= 11 is 18.4. The second-order valence-corrected chi connectivity index (χ2v) is 5.22. The van der Waals surface area contributed by atoms with Crippen molar-refractivity contribution in [2.75, 3.05) is 0 Å². The van der Waals surface area contributed by atoms with Crippen LogP contribution in [0.3, 0.4) is 0 Å². The van der Waals surface area contributed by atoms with Gasteiger partial charge in [0.15, 0.2) is 0 Å². The van der Waals surface area contributed by atoms with E-state index in [1.165, 1.54) is 5.56 Å². The molecule has 0 N–H and O–H groups in total. The smallest absolute Gasteiger partial charge is 0.0849 e. The van der Waals surface area contributed by atoms with E-state index in [0.29, 0.717) is 10.0 Å². The van der Waals surface area contributed by atoms with Crippen molar-refractivity contribution in [3.63, 3.8) is 0 Å². The first-order chi connectivity index (χ1) is 8.08. The second-order valence-electron chi connectivity index (χ2n) is 3.94. The maximum Gasteiger partial charge on any atom is 0.0849 e. The lowest BCUT2D eigenvalue weighted by atomic mass is 10.0. The minimum absolute atomic E-state index is 0.250. The van der Waals surface area contributed by atoms with Crippen molar-refractivity contribution in [3.8, 4) is 0 Å². The van der Waals surface area contributed by atoms with Crippen LogP contribution < -0.4 is 0 Å². The van der Waals surface area contributed by atoms with E-state index in [1.807, 2.05) is 37.3 Å². The Morgan fingerprint density at radius 1 is 0.941 bits per heavy atom. The number of hydrogen-bond donors (Lipinski definition) is 0. The second kappa shape index (κ2) is 5.30. The van der Waals surface area contributed by atoms with Gasteiger partial charge in [-0.3, -0.25) is 0 Å². The molecule has 3 heteroatoms. The number of alkyl halides is 1. The van der Waals surface area contributed by atoms with Crippen molar-refractivity contribution in [1.82, 2.24) is 0 Å². The zero-order valence-electron chi connectivity index (χ0n) is 9.25. The first-order valence-corrected chi connectivity index (χ1v) is 6.43. The first kappa shape index (κ1) is 12.8. The lowest BCUT2D eigenvalue weighted by Crippen LogP contribution is -1.94. The van der Waals surface area contributed by atoms with E-state index >= 15 is 0 Å². The molecule has 0 aromatic heterocycles. The molecule has 0 fully saturated rings. The Morgan fingerprint density at radius 2 is 1.59 bits per heavy atom. The highest BCUT2D eigenvalue weighted by molar-refractivity contribution is 6.36. The number of hydrogen-bond acceptors (Lipinski definition) is 0. The third kappa shape index (κ3) is 2.95. The molecule has 1 unspecified atom stereocenters. The summed E-state index contributed by atoms with van der Waals surface area (Å²) < 4.78 is 0. The quantitative estimate of drug-likeness (QED) is 0.627. The summed E-state index contributed by atoms with van der Waals surface area (Å²) in [5.41, 5.74) is 3.11. The summed E-state index contributed by atoms with van der Waals surface area (Å²) in [4.78, 5) is 0. The summed E-state index contributed by atoms with van der Waals surface area (Å²) in [6.45, 7) is 2.04. The summed E-state index contributed by atoms with van der Waals surface area (Å²) in [6.07, 6.45) is 0. The molecule has 1 atom stereocenters. The zero-order chi connectivity index (χ0) is 12.4. The predicted molar refractivity (Wildman–Crippen MR) is 75.3 cm³/mol. The lowest BCUT2D eigenvalue weighted by Gasteiger charge is -2.12. The Balaban J connectivity index is 2.36. The van der Waals surface area contributed by atoms with Gasteiger partial charge in [0.05, 0.1) is 5.38 Å². The van der Waals surface area contributed by atoms with Gasteiger partial charge in [-0.15, -0.1) is 11.6 Å². The van der Waals surface area contributed by atoms with Crippen LogP contribution in [0.5, 0.6) is 0 Å². The number of rotatable bonds is 2. The van der Waals surface area contributed by atoms with E-state index in [0.717, 1.165) is 11.1 Å². The van der Waals surface area contributed by atoms with Crippen LogP contribution >= 0.6 is 34.8 Å². The molecule has 0 aliphatic carbocycles. The van der Waals surface area contributed by atoms with Gasteiger partial charge in [0.25, 0.3) is 0 Å². The Kier molecular flexibility index (Phi) is 3.98. The molecule has 0 nitrogen and oxygen atoms in total. The van der Waals surface area contributed by atoms with Crippen molar-refractivity contribution < 1.29 is 0 Å². The molecular formula is C14H11Cl3. The summed E-state index contributed by atoms with van der Waals surface area (Å²) in [5.74, 6) is 0.